The maximum absolute atomic E-state index is 12.8. The van der Waals surface area contributed by atoms with E-state index in [-0.39, 0.29) is 10.8 Å². The number of hydrogen-bond acceptors (Lipinski definition) is 7. The van der Waals surface area contributed by atoms with Gasteiger partial charge in [0.25, 0.3) is 5.56 Å². The van der Waals surface area contributed by atoms with Gasteiger partial charge in [0.15, 0.2) is 11.0 Å². The summed E-state index contributed by atoms with van der Waals surface area (Å²) in [4.78, 5) is 26.5. The summed E-state index contributed by atoms with van der Waals surface area (Å²) in [7, 11) is 0. The van der Waals surface area contributed by atoms with Crippen molar-refractivity contribution in [3.8, 4) is 11.4 Å². The molecule has 0 amide bonds. The van der Waals surface area contributed by atoms with Gasteiger partial charge in [0.1, 0.15) is 10.7 Å². The van der Waals surface area contributed by atoms with Crippen LogP contribution in [0.4, 0.5) is 0 Å². The van der Waals surface area contributed by atoms with Crippen molar-refractivity contribution < 1.29 is 0 Å². The third-order valence-electron chi connectivity index (χ3n) is 5.56. The predicted molar refractivity (Wildman–Crippen MR) is 133 cm³/mol. The molecule has 0 saturated carbocycles. The van der Waals surface area contributed by atoms with Crippen LogP contribution >= 0.6 is 23.1 Å². The van der Waals surface area contributed by atoms with Gasteiger partial charge in [0.05, 0.1) is 17.2 Å². The van der Waals surface area contributed by atoms with E-state index in [1.165, 1.54) is 11.8 Å². The lowest BCUT2D eigenvalue weighted by Gasteiger charge is -2.13. The first kappa shape index (κ1) is 21.5. The van der Waals surface area contributed by atoms with Crippen LogP contribution in [0.3, 0.4) is 0 Å². The Kier molecular flexibility index (Phi) is 5.82. The molecule has 0 aliphatic heterocycles. The second kappa shape index (κ2) is 8.92. The van der Waals surface area contributed by atoms with Crippen LogP contribution in [0.5, 0.6) is 0 Å². The van der Waals surface area contributed by atoms with Crippen LogP contribution < -0.4 is 5.56 Å². The smallest absolute Gasteiger partial charge is 0.259 e. The lowest BCUT2D eigenvalue weighted by molar-refractivity contribution is 0.711. The number of aromatic amines is 1. The number of benzene rings is 1. The maximum Gasteiger partial charge on any atom is 0.259 e. The fourth-order valence-electron chi connectivity index (χ4n) is 3.68. The highest BCUT2D eigenvalue weighted by Crippen LogP contribution is 2.35. The Balaban J connectivity index is 1.52. The van der Waals surface area contributed by atoms with Crippen molar-refractivity contribution in [1.82, 2.24) is 29.7 Å². The van der Waals surface area contributed by atoms with Gasteiger partial charge in [-0.1, -0.05) is 42.1 Å². The van der Waals surface area contributed by atoms with E-state index in [1.807, 2.05) is 51.1 Å². The minimum absolute atomic E-state index is 0.0903. The molecule has 9 heteroatoms. The Morgan fingerprint density at radius 3 is 2.61 bits per heavy atom. The van der Waals surface area contributed by atoms with E-state index in [1.54, 1.807) is 23.7 Å². The number of aromatic nitrogens is 6. The molecule has 7 nitrogen and oxygen atoms in total. The fraction of sp³-hybridized carbons (Fsp3) is 0.208. The molecule has 0 bridgehead atoms. The van der Waals surface area contributed by atoms with E-state index in [2.05, 4.69) is 36.9 Å². The number of thiophene rings is 1. The van der Waals surface area contributed by atoms with Gasteiger partial charge in [0, 0.05) is 22.8 Å². The Hall–Kier alpha value is -3.30. The zero-order chi connectivity index (χ0) is 22.9. The first-order chi connectivity index (χ1) is 16.0. The number of thioether (sulfide) groups is 1. The van der Waals surface area contributed by atoms with Crippen LogP contribution in [0, 0.1) is 13.8 Å². The van der Waals surface area contributed by atoms with Gasteiger partial charge in [-0.2, -0.15) is 0 Å². The van der Waals surface area contributed by atoms with Crippen LogP contribution in [0.1, 0.15) is 34.0 Å². The van der Waals surface area contributed by atoms with E-state index in [4.69, 9.17) is 4.98 Å². The van der Waals surface area contributed by atoms with Gasteiger partial charge in [-0.25, -0.2) is 4.98 Å². The number of fused-ring (bicyclic) bond motifs is 1. The third-order valence-corrected chi connectivity index (χ3v) is 7.75. The first-order valence-corrected chi connectivity index (χ1v) is 12.2. The van der Waals surface area contributed by atoms with Crippen LogP contribution in [-0.4, -0.2) is 29.7 Å². The van der Waals surface area contributed by atoms with Crippen LogP contribution in [0.2, 0.25) is 0 Å². The van der Waals surface area contributed by atoms with Crippen molar-refractivity contribution in [2.75, 3.05) is 0 Å². The minimum Gasteiger partial charge on any atom is -0.309 e. The number of hydrogen-bond donors (Lipinski definition) is 1. The number of aryl methyl sites for hydroxylation is 2. The van der Waals surface area contributed by atoms with E-state index < -0.39 is 0 Å². The van der Waals surface area contributed by atoms with Crippen molar-refractivity contribution in [1.29, 1.82) is 0 Å². The molecule has 0 saturated heterocycles. The number of H-pyrrole nitrogens is 1. The third kappa shape index (κ3) is 4.21. The van der Waals surface area contributed by atoms with Gasteiger partial charge in [-0.05, 0) is 44.0 Å². The van der Waals surface area contributed by atoms with E-state index in [9.17, 15) is 4.79 Å². The molecule has 0 aliphatic rings. The molecular weight excluding hydrogens is 452 g/mol. The van der Waals surface area contributed by atoms with Gasteiger partial charge in [-0.3, -0.25) is 14.3 Å². The summed E-state index contributed by atoms with van der Waals surface area (Å²) >= 11 is 3.09. The molecule has 0 aliphatic carbocycles. The van der Waals surface area contributed by atoms with Crippen molar-refractivity contribution >= 4 is 33.3 Å². The molecule has 4 heterocycles. The lowest BCUT2D eigenvalue weighted by atomic mass is 10.2. The molecule has 1 unspecified atom stereocenters. The van der Waals surface area contributed by atoms with Crippen molar-refractivity contribution in [2.45, 2.75) is 37.7 Å². The molecule has 166 valence electrons. The summed E-state index contributed by atoms with van der Waals surface area (Å²) in [6, 6.07) is 14.1. The van der Waals surface area contributed by atoms with Crippen LogP contribution in [0.25, 0.3) is 21.6 Å². The molecule has 5 aromatic rings. The normalized spacial score (nSPS) is 12.3. The molecule has 0 radical (unpaired) electrons. The predicted octanol–water partition coefficient (Wildman–Crippen LogP) is 5.16. The largest absolute Gasteiger partial charge is 0.309 e. The van der Waals surface area contributed by atoms with Crippen molar-refractivity contribution in [2.24, 2.45) is 0 Å². The second-order valence-corrected chi connectivity index (χ2v) is 10.3. The summed E-state index contributed by atoms with van der Waals surface area (Å²) < 4.78 is 2.10. The SMILES string of the molecule is Cc1sc2nc(C(C)Sc3nnc(-c4ccncc4)n3Cc3ccccc3)[nH]c(=O)c2c1C. The number of nitrogens with zero attached hydrogens (tertiary/aromatic N) is 5. The maximum atomic E-state index is 12.8. The van der Waals surface area contributed by atoms with Gasteiger partial charge in [-0.15, -0.1) is 21.5 Å². The Bertz CT molecular complexity index is 1470. The molecule has 5 rings (SSSR count). The molecule has 0 spiro atoms. The average molecular weight is 475 g/mol. The quantitative estimate of drug-likeness (QED) is 0.342. The molecule has 0 fully saturated rings. The topological polar surface area (TPSA) is 89.3 Å². The Labute approximate surface area is 199 Å². The van der Waals surface area contributed by atoms with Gasteiger partial charge >= 0.3 is 0 Å². The van der Waals surface area contributed by atoms with E-state index in [0.717, 1.165) is 37.4 Å². The standard InChI is InChI=1S/C24H22N6OS2/c1-14-15(2)32-23-19(14)22(31)26-20(27-23)16(3)33-24-29-28-21(18-9-11-25-12-10-18)30(24)13-17-7-5-4-6-8-17/h4-12,16H,13H2,1-3H3,(H,26,27,31). The lowest BCUT2D eigenvalue weighted by Crippen LogP contribution is -2.13. The molecule has 1 N–H and O–H groups in total. The average Bonchev–Trinajstić information content (AvgIpc) is 3.35. The van der Waals surface area contributed by atoms with E-state index >= 15 is 0 Å². The fourth-order valence-corrected chi connectivity index (χ4v) is 5.62. The summed E-state index contributed by atoms with van der Waals surface area (Å²) in [6.45, 7) is 6.64. The van der Waals surface area contributed by atoms with Crippen LogP contribution in [0.15, 0.2) is 64.8 Å². The summed E-state index contributed by atoms with van der Waals surface area (Å²) in [6.07, 6.45) is 3.50. The van der Waals surface area contributed by atoms with E-state index in [0.29, 0.717) is 17.8 Å². The second-order valence-electron chi connectivity index (χ2n) is 7.79. The van der Waals surface area contributed by atoms with Crippen molar-refractivity contribution in [3.63, 3.8) is 0 Å². The van der Waals surface area contributed by atoms with Crippen molar-refractivity contribution in [3.05, 3.63) is 87.0 Å². The number of nitrogens with one attached hydrogen (secondary N) is 1. The van der Waals surface area contributed by atoms with Crippen LogP contribution in [-0.2, 0) is 6.54 Å². The molecular formula is C24H22N6OS2. The number of rotatable bonds is 6. The highest BCUT2D eigenvalue weighted by Gasteiger charge is 2.21. The zero-order valence-electron chi connectivity index (χ0n) is 18.4. The molecule has 1 aromatic carbocycles. The first-order valence-electron chi connectivity index (χ1n) is 10.6. The molecule has 1 atom stereocenters. The monoisotopic (exact) mass is 474 g/mol. The highest BCUT2D eigenvalue weighted by atomic mass is 32.2. The summed E-state index contributed by atoms with van der Waals surface area (Å²) in [5, 5.41) is 10.3. The van der Waals surface area contributed by atoms with Gasteiger partial charge in [0.2, 0.25) is 0 Å². The zero-order valence-corrected chi connectivity index (χ0v) is 20.1. The highest BCUT2D eigenvalue weighted by molar-refractivity contribution is 7.99. The van der Waals surface area contributed by atoms with Gasteiger partial charge < -0.3 is 4.98 Å². The Morgan fingerprint density at radius 1 is 1.09 bits per heavy atom. The molecule has 4 aromatic heterocycles. The molecule has 33 heavy (non-hydrogen) atoms. The summed E-state index contributed by atoms with van der Waals surface area (Å²) in [5.41, 5.74) is 3.01. The summed E-state index contributed by atoms with van der Waals surface area (Å²) in [5.74, 6) is 1.41. The Morgan fingerprint density at radius 2 is 1.85 bits per heavy atom. The minimum atomic E-state index is -0.117. The number of pyridine rings is 1.